The number of hydrogen-bond donors (Lipinski definition) is 3. The molecular weight excluding hydrogens is 371 g/mol. The SMILES string of the molecule is C=CCO[C@@H]1O[C@H](COCC)[C@H](O)[C@H](O)[C@H]1Nc1cncc(C(F)(F)F)n1. The summed E-state index contributed by atoms with van der Waals surface area (Å²) in [6, 6.07) is -1.10. The number of aliphatic hydroxyl groups is 2. The molecule has 1 aromatic rings. The molecule has 11 heteroatoms. The minimum absolute atomic E-state index is 0.0127. The molecule has 152 valence electrons. The molecule has 1 aromatic heterocycles. The maximum absolute atomic E-state index is 12.8. The first kappa shape index (κ1) is 21.5. The number of nitrogens with zero attached hydrogens (tertiary/aromatic N) is 2. The third-order valence-corrected chi connectivity index (χ3v) is 3.81. The molecule has 0 saturated carbocycles. The monoisotopic (exact) mass is 393 g/mol. The molecular formula is C16H22F3N3O5. The van der Waals surface area contributed by atoms with E-state index in [1.165, 1.54) is 6.08 Å². The Labute approximate surface area is 154 Å². The molecule has 0 aromatic carbocycles. The van der Waals surface area contributed by atoms with E-state index >= 15 is 0 Å². The minimum Gasteiger partial charge on any atom is -0.388 e. The van der Waals surface area contributed by atoms with Crippen molar-refractivity contribution in [3.63, 3.8) is 0 Å². The zero-order valence-electron chi connectivity index (χ0n) is 14.6. The molecule has 2 heterocycles. The highest BCUT2D eigenvalue weighted by atomic mass is 19.4. The Morgan fingerprint density at radius 2 is 2.07 bits per heavy atom. The second-order valence-corrected chi connectivity index (χ2v) is 5.76. The largest absolute Gasteiger partial charge is 0.434 e. The smallest absolute Gasteiger partial charge is 0.388 e. The summed E-state index contributed by atoms with van der Waals surface area (Å²) in [7, 11) is 0. The number of nitrogens with one attached hydrogen (secondary N) is 1. The Kier molecular flexibility index (Phi) is 7.50. The first-order valence-electron chi connectivity index (χ1n) is 8.25. The number of hydrogen-bond acceptors (Lipinski definition) is 8. The predicted octanol–water partition coefficient (Wildman–Crippen LogP) is 0.962. The van der Waals surface area contributed by atoms with Crippen LogP contribution in [0.25, 0.3) is 0 Å². The number of aromatic nitrogens is 2. The molecule has 1 aliphatic rings. The number of ether oxygens (including phenoxy) is 3. The van der Waals surface area contributed by atoms with Crippen LogP contribution in [0.5, 0.6) is 0 Å². The lowest BCUT2D eigenvalue weighted by Gasteiger charge is -2.42. The van der Waals surface area contributed by atoms with Crippen LogP contribution in [-0.4, -0.2) is 70.6 Å². The fourth-order valence-electron chi connectivity index (χ4n) is 2.50. The molecule has 0 spiro atoms. The molecule has 8 nitrogen and oxygen atoms in total. The number of rotatable bonds is 8. The quantitative estimate of drug-likeness (QED) is 0.561. The minimum atomic E-state index is -4.67. The van der Waals surface area contributed by atoms with Crippen molar-refractivity contribution in [1.82, 2.24) is 9.97 Å². The van der Waals surface area contributed by atoms with Crippen molar-refractivity contribution in [2.45, 2.75) is 43.7 Å². The van der Waals surface area contributed by atoms with Gasteiger partial charge in [-0.2, -0.15) is 13.2 Å². The van der Waals surface area contributed by atoms with Crippen molar-refractivity contribution >= 4 is 5.82 Å². The molecule has 27 heavy (non-hydrogen) atoms. The van der Waals surface area contributed by atoms with Crippen molar-refractivity contribution in [3.8, 4) is 0 Å². The highest BCUT2D eigenvalue weighted by Crippen LogP contribution is 2.29. The predicted molar refractivity (Wildman–Crippen MR) is 87.8 cm³/mol. The average molecular weight is 393 g/mol. The van der Waals surface area contributed by atoms with Gasteiger partial charge in [0.2, 0.25) is 0 Å². The Hall–Kier alpha value is -1.79. The van der Waals surface area contributed by atoms with Crippen molar-refractivity contribution in [1.29, 1.82) is 0 Å². The van der Waals surface area contributed by atoms with Crippen LogP contribution < -0.4 is 5.32 Å². The summed E-state index contributed by atoms with van der Waals surface area (Å²) in [5.41, 5.74) is -1.20. The second-order valence-electron chi connectivity index (χ2n) is 5.76. The molecule has 1 fully saturated rings. The van der Waals surface area contributed by atoms with Crippen molar-refractivity contribution in [3.05, 3.63) is 30.7 Å². The van der Waals surface area contributed by atoms with Crippen molar-refractivity contribution in [2.24, 2.45) is 0 Å². The number of anilines is 1. The summed E-state index contributed by atoms with van der Waals surface area (Å²) in [4.78, 5) is 6.93. The van der Waals surface area contributed by atoms with Gasteiger partial charge in [-0.15, -0.1) is 6.58 Å². The Balaban J connectivity index is 2.20. The first-order chi connectivity index (χ1) is 12.8. The molecule has 2 rings (SSSR count). The Morgan fingerprint density at radius 3 is 2.70 bits per heavy atom. The van der Waals surface area contributed by atoms with Crippen LogP contribution in [0.2, 0.25) is 0 Å². The lowest BCUT2D eigenvalue weighted by molar-refractivity contribution is -0.261. The van der Waals surface area contributed by atoms with E-state index in [0.29, 0.717) is 12.8 Å². The van der Waals surface area contributed by atoms with Crippen molar-refractivity contribution in [2.75, 3.05) is 25.1 Å². The van der Waals surface area contributed by atoms with Gasteiger partial charge in [-0.1, -0.05) is 6.08 Å². The zero-order chi connectivity index (χ0) is 20.0. The highest BCUT2D eigenvalue weighted by Gasteiger charge is 2.45. The van der Waals surface area contributed by atoms with E-state index in [4.69, 9.17) is 14.2 Å². The molecule has 0 radical (unpaired) electrons. The fraction of sp³-hybridized carbons (Fsp3) is 0.625. The normalized spacial score (nSPS) is 28.7. The first-order valence-corrected chi connectivity index (χ1v) is 8.25. The lowest BCUT2D eigenvalue weighted by atomic mass is 9.97. The fourth-order valence-corrected chi connectivity index (χ4v) is 2.50. The number of aliphatic hydroxyl groups excluding tert-OH is 2. The summed E-state index contributed by atoms with van der Waals surface area (Å²) in [6.07, 6.45) is -6.33. The summed E-state index contributed by atoms with van der Waals surface area (Å²) in [5, 5.41) is 23.3. The van der Waals surface area contributed by atoms with Crippen LogP contribution in [0.4, 0.5) is 19.0 Å². The van der Waals surface area contributed by atoms with E-state index in [0.717, 1.165) is 6.20 Å². The van der Waals surface area contributed by atoms with E-state index in [2.05, 4.69) is 21.9 Å². The topological polar surface area (TPSA) is 106 Å². The van der Waals surface area contributed by atoms with E-state index in [-0.39, 0.29) is 19.0 Å². The molecule has 0 aliphatic carbocycles. The summed E-state index contributed by atoms with van der Waals surface area (Å²) in [6.45, 7) is 5.72. The van der Waals surface area contributed by atoms with E-state index in [9.17, 15) is 23.4 Å². The van der Waals surface area contributed by atoms with Gasteiger partial charge in [0, 0.05) is 6.61 Å². The third-order valence-electron chi connectivity index (χ3n) is 3.81. The zero-order valence-corrected chi connectivity index (χ0v) is 14.6. The van der Waals surface area contributed by atoms with Crippen LogP contribution in [0, 0.1) is 0 Å². The Bertz CT molecular complexity index is 619. The van der Waals surface area contributed by atoms with Crippen molar-refractivity contribution < 1.29 is 37.6 Å². The maximum atomic E-state index is 12.8. The van der Waals surface area contributed by atoms with Crippen LogP contribution >= 0.6 is 0 Å². The van der Waals surface area contributed by atoms with Gasteiger partial charge >= 0.3 is 6.18 Å². The number of alkyl halides is 3. The standard InChI is InChI=1S/C16H22F3N3O5/c1-3-5-26-15-12(14(24)13(23)9(27-15)8-25-4-2)22-11-7-20-6-10(21-11)16(17,18)19/h3,6-7,9,12-15,23-24H,1,4-5,8H2,2H3,(H,21,22)/t9-,12-,13+,14-,15-/m1/s1. The van der Waals surface area contributed by atoms with E-state index < -0.39 is 42.5 Å². The van der Waals surface area contributed by atoms with Gasteiger partial charge in [-0.3, -0.25) is 4.98 Å². The summed E-state index contributed by atoms with van der Waals surface area (Å²) < 4.78 is 54.7. The van der Waals surface area contributed by atoms with Gasteiger partial charge in [0.15, 0.2) is 12.0 Å². The van der Waals surface area contributed by atoms with Gasteiger partial charge in [-0.25, -0.2) is 4.98 Å². The Morgan fingerprint density at radius 1 is 1.33 bits per heavy atom. The van der Waals surface area contributed by atoms with E-state index in [1.54, 1.807) is 6.92 Å². The molecule has 0 bridgehead atoms. The molecule has 1 saturated heterocycles. The second kappa shape index (κ2) is 9.42. The molecule has 1 aliphatic heterocycles. The molecule has 0 unspecified atom stereocenters. The molecule has 0 amide bonds. The van der Waals surface area contributed by atoms with Crippen LogP contribution in [0.15, 0.2) is 25.0 Å². The average Bonchev–Trinajstić information content (AvgIpc) is 2.63. The van der Waals surface area contributed by atoms with Gasteiger partial charge in [0.1, 0.15) is 30.2 Å². The lowest BCUT2D eigenvalue weighted by Crippen LogP contribution is -2.62. The summed E-state index contributed by atoms with van der Waals surface area (Å²) >= 11 is 0. The molecule has 3 N–H and O–H groups in total. The van der Waals surface area contributed by atoms with Gasteiger partial charge in [0.05, 0.1) is 25.6 Å². The summed E-state index contributed by atoms with van der Waals surface area (Å²) in [5.74, 6) is -0.250. The molecule has 5 atom stereocenters. The maximum Gasteiger partial charge on any atom is 0.434 e. The number of halogens is 3. The highest BCUT2D eigenvalue weighted by molar-refractivity contribution is 5.35. The van der Waals surface area contributed by atoms with Crippen LogP contribution in [0.3, 0.4) is 0 Å². The van der Waals surface area contributed by atoms with Gasteiger partial charge in [-0.05, 0) is 6.92 Å². The van der Waals surface area contributed by atoms with Crippen LogP contribution in [0.1, 0.15) is 12.6 Å². The van der Waals surface area contributed by atoms with E-state index in [1.807, 2.05) is 0 Å². The van der Waals surface area contributed by atoms with Gasteiger partial charge in [0.25, 0.3) is 0 Å². The third kappa shape index (κ3) is 5.59. The van der Waals surface area contributed by atoms with Gasteiger partial charge < -0.3 is 29.7 Å². The van der Waals surface area contributed by atoms with Crippen LogP contribution in [-0.2, 0) is 20.4 Å².